The molecule has 0 bridgehead atoms. The van der Waals surface area contributed by atoms with E-state index in [1.165, 1.54) is 27.9 Å². The Morgan fingerprint density at radius 3 is 2.64 bits per heavy atom. The zero-order chi connectivity index (χ0) is 14.6. The minimum absolute atomic E-state index is 0. The van der Waals surface area contributed by atoms with Gasteiger partial charge in [0.15, 0.2) is 11.5 Å². The first-order valence-corrected chi connectivity index (χ1v) is 7.52. The summed E-state index contributed by atoms with van der Waals surface area (Å²) >= 11 is 0. The van der Waals surface area contributed by atoms with E-state index in [1.807, 2.05) is 0 Å². The normalized spacial score (nSPS) is 21.7. The number of benzene rings is 2. The number of aryl methyl sites for hydroxylation is 2. The number of hydrogen-bond acceptors (Lipinski definition) is 3. The van der Waals surface area contributed by atoms with Gasteiger partial charge < -0.3 is 15.5 Å². The lowest BCUT2D eigenvalue weighted by molar-refractivity contribution is 0.389. The highest BCUT2D eigenvalue weighted by atomic mass is 35.5. The van der Waals surface area contributed by atoms with Crippen LogP contribution in [0.2, 0.25) is 0 Å². The first kappa shape index (κ1) is 15.0. The Labute approximate surface area is 136 Å². The van der Waals surface area contributed by atoms with Crippen LogP contribution in [0.25, 0.3) is 0 Å². The van der Waals surface area contributed by atoms with Crippen LogP contribution in [0, 0.1) is 12.8 Å². The summed E-state index contributed by atoms with van der Waals surface area (Å²) in [7, 11) is 0. The average molecular weight is 318 g/mol. The zero-order valence-corrected chi connectivity index (χ0v) is 13.3. The van der Waals surface area contributed by atoms with Gasteiger partial charge >= 0.3 is 0 Å². The highest BCUT2D eigenvalue weighted by molar-refractivity contribution is 5.85. The fourth-order valence-corrected chi connectivity index (χ4v) is 3.88. The molecular weight excluding hydrogens is 298 g/mol. The quantitative estimate of drug-likeness (QED) is 0.645. The monoisotopic (exact) mass is 317 g/mol. The summed E-state index contributed by atoms with van der Waals surface area (Å²) in [4.78, 5) is 0. The number of phenolic OH excluding ortho intramolecular Hbond substituents is 2. The Kier molecular flexibility index (Phi) is 3.69. The van der Waals surface area contributed by atoms with E-state index in [-0.39, 0.29) is 23.9 Å². The van der Waals surface area contributed by atoms with E-state index in [0.29, 0.717) is 11.8 Å². The fraction of sp³-hybridized carbons (Fsp3) is 0.333. The number of halogens is 1. The summed E-state index contributed by atoms with van der Waals surface area (Å²) in [5, 5.41) is 23.2. The summed E-state index contributed by atoms with van der Waals surface area (Å²) in [6.45, 7) is 3.08. The molecule has 1 aliphatic carbocycles. The van der Waals surface area contributed by atoms with Crippen LogP contribution in [0.5, 0.6) is 11.5 Å². The van der Waals surface area contributed by atoms with Gasteiger partial charge in [-0.05, 0) is 66.1 Å². The molecule has 0 aromatic heterocycles. The second-order valence-electron chi connectivity index (χ2n) is 6.29. The first-order chi connectivity index (χ1) is 10.1. The number of fused-ring (bicyclic) bond motifs is 5. The Morgan fingerprint density at radius 1 is 1.05 bits per heavy atom. The van der Waals surface area contributed by atoms with E-state index >= 15 is 0 Å². The molecule has 1 heterocycles. The van der Waals surface area contributed by atoms with Gasteiger partial charge in [0, 0.05) is 18.2 Å². The average Bonchev–Trinajstić information content (AvgIpc) is 2.47. The van der Waals surface area contributed by atoms with Crippen molar-refractivity contribution in [1.29, 1.82) is 0 Å². The molecule has 2 atom stereocenters. The molecule has 3 N–H and O–H groups in total. The van der Waals surface area contributed by atoms with Crippen molar-refractivity contribution in [3.63, 3.8) is 0 Å². The highest BCUT2D eigenvalue weighted by Gasteiger charge is 2.35. The van der Waals surface area contributed by atoms with Crippen LogP contribution >= 0.6 is 12.4 Å². The maximum Gasteiger partial charge on any atom is 0.157 e. The summed E-state index contributed by atoms with van der Waals surface area (Å²) in [6, 6.07) is 10.0. The molecule has 2 aliphatic rings. The van der Waals surface area contributed by atoms with Crippen molar-refractivity contribution in [3.05, 3.63) is 52.6 Å². The third kappa shape index (κ3) is 2.20. The molecule has 4 rings (SSSR count). The van der Waals surface area contributed by atoms with Gasteiger partial charge in [-0.1, -0.05) is 12.1 Å². The predicted octanol–water partition coefficient (Wildman–Crippen LogP) is 3.95. The predicted molar refractivity (Wildman–Crippen MR) is 90.3 cm³/mol. The van der Waals surface area contributed by atoms with E-state index < -0.39 is 0 Å². The number of rotatable bonds is 0. The summed E-state index contributed by atoms with van der Waals surface area (Å²) in [6.07, 6.45) is 2.08. The molecular formula is C18H20ClNO2. The van der Waals surface area contributed by atoms with E-state index in [2.05, 4.69) is 30.4 Å². The van der Waals surface area contributed by atoms with Gasteiger partial charge in [-0.2, -0.15) is 0 Å². The largest absolute Gasteiger partial charge is 0.504 e. The van der Waals surface area contributed by atoms with Gasteiger partial charge in [0.05, 0.1) is 0 Å². The molecule has 0 unspecified atom stereocenters. The molecule has 0 amide bonds. The third-order valence-corrected chi connectivity index (χ3v) is 4.93. The Morgan fingerprint density at radius 2 is 1.82 bits per heavy atom. The minimum atomic E-state index is -0.0124. The number of phenols is 2. The summed E-state index contributed by atoms with van der Waals surface area (Å²) in [5.74, 6) is 0.848. The van der Waals surface area contributed by atoms with Gasteiger partial charge in [-0.15, -0.1) is 12.4 Å². The highest BCUT2D eigenvalue weighted by Crippen LogP contribution is 2.48. The zero-order valence-electron chi connectivity index (χ0n) is 12.5. The molecule has 2 aromatic rings. The summed E-state index contributed by atoms with van der Waals surface area (Å²) < 4.78 is 0. The van der Waals surface area contributed by atoms with Crippen molar-refractivity contribution in [2.24, 2.45) is 5.92 Å². The maximum absolute atomic E-state index is 9.89. The Hall–Kier alpha value is -1.87. The molecule has 0 fully saturated rings. The molecule has 2 aromatic carbocycles. The van der Waals surface area contributed by atoms with Crippen molar-refractivity contribution < 1.29 is 10.2 Å². The van der Waals surface area contributed by atoms with Gasteiger partial charge in [-0.25, -0.2) is 0 Å². The fourth-order valence-electron chi connectivity index (χ4n) is 3.88. The third-order valence-electron chi connectivity index (χ3n) is 4.93. The van der Waals surface area contributed by atoms with Crippen LogP contribution in [-0.4, -0.2) is 16.8 Å². The molecule has 1 aliphatic heterocycles. The maximum atomic E-state index is 9.89. The van der Waals surface area contributed by atoms with Crippen LogP contribution in [0.1, 0.15) is 34.6 Å². The van der Waals surface area contributed by atoms with Crippen molar-refractivity contribution >= 4 is 18.1 Å². The van der Waals surface area contributed by atoms with Gasteiger partial charge in [-0.3, -0.25) is 0 Å². The molecule has 22 heavy (non-hydrogen) atoms. The lowest BCUT2D eigenvalue weighted by Gasteiger charge is -2.39. The van der Waals surface area contributed by atoms with E-state index in [0.717, 1.165) is 19.4 Å². The van der Waals surface area contributed by atoms with Crippen molar-refractivity contribution in [3.8, 4) is 11.5 Å². The van der Waals surface area contributed by atoms with Crippen LogP contribution in [0.15, 0.2) is 30.3 Å². The molecule has 3 nitrogen and oxygen atoms in total. The van der Waals surface area contributed by atoms with Gasteiger partial charge in [0.25, 0.3) is 0 Å². The standard InChI is InChI=1S/C18H19NO2.ClH/c1-10-2-5-13-15(6-10)19-9-12-4-3-11-7-16(20)17(21)8-14(11)18(12)13;/h2,5-8,12,18-21H,3-4,9H2,1H3;1H/t12-,18+;/m0./s1. The van der Waals surface area contributed by atoms with Crippen LogP contribution in [0.4, 0.5) is 5.69 Å². The van der Waals surface area contributed by atoms with Crippen LogP contribution < -0.4 is 5.32 Å². The number of anilines is 1. The second kappa shape index (κ2) is 5.40. The van der Waals surface area contributed by atoms with E-state index in [9.17, 15) is 10.2 Å². The van der Waals surface area contributed by atoms with Crippen molar-refractivity contribution in [2.45, 2.75) is 25.7 Å². The first-order valence-electron chi connectivity index (χ1n) is 7.52. The van der Waals surface area contributed by atoms with Crippen LogP contribution in [-0.2, 0) is 6.42 Å². The SMILES string of the molecule is Cc1ccc2c(c1)NC[C@@H]1CCc3cc(O)c(O)cc3[C@@H]21.Cl. The van der Waals surface area contributed by atoms with Crippen molar-refractivity contribution in [2.75, 3.05) is 11.9 Å². The Bertz CT molecular complexity index is 729. The molecule has 0 saturated carbocycles. The minimum Gasteiger partial charge on any atom is -0.504 e. The number of aromatic hydroxyl groups is 2. The van der Waals surface area contributed by atoms with Gasteiger partial charge in [0.2, 0.25) is 0 Å². The molecule has 116 valence electrons. The lowest BCUT2D eigenvalue weighted by Crippen LogP contribution is -2.32. The Balaban J connectivity index is 0.00000144. The van der Waals surface area contributed by atoms with E-state index in [1.54, 1.807) is 12.1 Å². The smallest absolute Gasteiger partial charge is 0.157 e. The lowest BCUT2D eigenvalue weighted by atomic mass is 9.69. The molecule has 0 radical (unpaired) electrons. The van der Waals surface area contributed by atoms with E-state index in [4.69, 9.17) is 0 Å². The molecule has 4 heteroatoms. The van der Waals surface area contributed by atoms with Crippen LogP contribution in [0.3, 0.4) is 0 Å². The number of hydrogen-bond donors (Lipinski definition) is 3. The molecule has 0 spiro atoms. The summed E-state index contributed by atoms with van der Waals surface area (Å²) in [5.41, 5.74) is 6.11. The second-order valence-corrected chi connectivity index (χ2v) is 6.29. The molecule has 0 saturated heterocycles. The van der Waals surface area contributed by atoms with Crippen molar-refractivity contribution in [1.82, 2.24) is 0 Å². The van der Waals surface area contributed by atoms with Gasteiger partial charge in [0.1, 0.15) is 0 Å². The number of nitrogens with one attached hydrogen (secondary N) is 1. The topological polar surface area (TPSA) is 52.5 Å².